The molecule has 49 heteroatoms. The summed E-state index contributed by atoms with van der Waals surface area (Å²) in [4.78, 5) is 289. The number of imidazole rings is 1. The third kappa shape index (κ3) is 36.4. The second kappa shape index (κ2) is 54.0. The molecule has 0 radical (unpaired) electrons. The van der Waals surface area contributed by atoms with E-state index in [1.165, 1.54) is 88.5 Å². The lowest BCUT2D eigenvalue weighted by atomic mass is 9.97. The zero-order valence-electron chi connectivity index (χ0n) is 71.6. The molecule has 1 saturated heterocycles. The predicted octanol–water partition coefficient (Wildman–Crippen LogP) is -8.46. The van der Waals surface area contributed by atoms with Crippen LogP contribution in [-0.2, 0) is 114 Å². The lowest BCUT2D eigenvalue weighted by molar-refractivity contribution is -0.142. The normalized spacial score (nSPS) is 16.7. The maximum Gasteiger partial charge on any atom is 0.305 e. The van der Waals surface area contributed by atoms with Gasteiger partial charge in [-0.1, -0.05) is 78.3 Å². The number of amides is 19. The van der Waals surface area contributed by atoms with Crippen molar-refractivity contribution in [2.75, 3.05) is 31.2 Å². The minimum atomic E-state index is -2.00. The van der Waals surface area contributed by atoms with Crippen LogP contribution in [0, 0.1) is 17.8 Å². The molecule has 26 N–H and O–H groups in total. The summed E-state index contributed by atoms with van der Waals surface area (Å²) in [6.07, 6.45) is -0.903. The standard InChI is InChI=1S/C77H119IN22O24S2/c1-12-36(6)60(76(123)95-50(31-125)61(78)108)99-67(114)45(21-23-54(80)104)90-70(117)46(25-42-17-14-13-15-18-42)93-74(121)58(34(2)3)97-55(105)29-83-66(113)44(20-22-53(79)103)89-63(110)38(8)87-69(116)48(27-56(106)107)91-64(111)39(9)88-71(118)49(30-101)94-75(122)59(35(4)5)98-65(112)40(10)85-62(109)37(7)86-68(115)47(26-43-28-82-33-84-43)92-72(119)51(32-126)96-73(120)52-19-16-24-100(52)77(124)57(81)41(11)102/h13-15,17-18,28,33-41,44-52,57-60,101-102,125-126H,12,16,19-27,29-32,81H2,1-11H3,(H2,79,103)(H2,80,104)(H,82,84)(H,83,113)(H,85,109)(H,86,115)(H,87,116)(H,88,118)(H,89,110)(H,90,117)(H,91,111)(H,92,119)(H,93,121)(H,94,122)(H,95,123)(H,96,120)(H,97,105)(H,98,112)(H,99,114)(H,106,107)/t36-,37-,38-,39-,40-,41+,44-,45-,46-,47-,48-,49-,50-,51-,52-,57-,58-,59-,60-/m0/s1. The number of nitrogens with one attached hydrogen (secondary N) is 17. The van der Waals surface area contributed by atoms with Crippen molar-refractivity contribution < 1.29 is 116 Å². The maximum absolute atomic E-state index is 14.4. The first-order valence-corrected chi connectivity index (χ1v) is 42.8. The van der Waals surface area contributed by atoms with E-state index in [0.29, 0.717) is 18.4 Å². The van der Waals surface area contributed by atoms with Crippen LogP contribution in [0.1, 0.15) is 139 Å². The number of aliphatic hydroxyl groups is 2. The Bertz CT molecular complexity index is 4170. The Labute approximate surface area is 751 Å². The zero-order valence-corrected chi connectivity index (χ0v) is 75.5. The Hall–Kier alpha value is -11.2. The molecule has 46 nitrogen and oxygen atoms in total. The van der Waals surface area contributed by atoms with Crippen LogP contribution in [-0.4, -0.2) is 292 Å². The van der Waals surface area contributed by atoms with Crippen molar-refractivity contribution in [3.8, 4) is 0 Å². The van der Waals surface area contributed by atoms with Crippen LogP contribution in [0.4, 0.5) is 0 Å². The van der Waals surface area contributed by atoms with Crippen LogP contribution in [0.5, 0.6) is 0 Å². The van der Waals surface area contributed by atoms with Crippen molar-refractivity contribution in [3.05, 3.63) is 54.1 Å². The second-order valence-corrected chi connectivity index (χ2v) is 32.7. The van der Waals surface area contributed by atoms with E-state index in [1.54, 1.807) is 44.2 Å². The zero-order chi connectivity index (χ0) is 95.3. The minimum Gasteiger partial charge on any atom is -0.481 e. The maximum atomic E-state index is 14.4. The number of aliphatic hydroxyl groups excluding tert-OH is 2. The van der Waals surface area contributed by atoms with Gasteiger partial charge in [0.2, 0.25) is 116 Å². The first kappa shape index (κ1) is 109. The number of aliphatic carboxylic acids is 1. The fourth-order valence-corrected chi connectivity index (χ4v) is 13.4. The molecule has 1 aliphatic heterocycles. The number of aromatic nitrogens is 2. The number of carboxylic acid groups (broad SMARTS) is 1. The fourth-order valence-electron chi connectivity index (χ4n) is 12.2. The molecule has 1 aromatic heterocycles. The van der Waals surface area contributed by atoms with Crippen LogP contribution in [0.15, 0.2) is 42.9 Å². The van der Waals surface area contributed by atoms with Gasteiger partial charge in [0, 0.05) is 72.5 Å². The Morgan fingerprint density at radius 1 is 0.508 bits per heavy atom. The lowest BCUT2D eigenvalue weighted by Crippen LogP contribution is -2.61. The number of carbonyl (C=O) groups is 21. The van der Waals surface area contributed by atoms with E-state index in [4.69, 9.17) is 17.2 Å². The molecular formula is C77H119IN22O24S2. The Balaban J connectivity index is 1.67. The number of carboxylic acids is 1. The molecule has 0 aliphatic carbocycles. The number of hydrogen-bond acceptors (Lipinski definition) is 27. The van der Waals surface area contributed by atoms with E-state index in [1.807, 2.05) is 0 Å². The summed E-state index contributed by atoms with van der Waals surface area (Å²) >= 11 is 9.84. The fraction of sp³-hybridized carbons (Fsp3) is 0.610. The topological polar surface area (TPSA) is 722 Å². The molecular weight excluding hydrogens is 1810 g/mol. The summed E-state index contributed by atoms with van der Waals surface area (Å²) in [7, 11) is 0. The van der Waals surface area contributed by atoms with Gasteiger partial charge < -0.3 is 127 Å². The number of aromatic amines is 1. The predicted molar refractivity (Wildman–Crippen MR) is 464 cm³/mol. The van der Waals surface area contributed by atoms with Crippen molar-refractivity contribution in [2.24, 2.45) is 35.0 Å². The number of nitrogens with two attached hydrogens (primary N) is 3. The third-order valence-electron chi connectivity index (χ3n) is 19.9. The van der Waals surface area contributed by atoms with Gasteiger partial charge in [0.1, 0.15) is 103 Å². The van der Waals surface area contributed by atoms with Crippen molar-refractivity contribution in [2.45, 2.75) is 249 Å². The number of hydrogen-bond donors (Lipinski definition) is 25. The van der Waals surface area contributed by atoms with E-state index < -0.39 is 287 Å². The summed E-state index contributed by atoms with van der Waals surface area (Å²) in [6, 6.07) is -16.9. The third-order valence-corrected chi connectivity index (χ3v) is 21.4. The molecule has 19 atom stereocenters. The Morgan fingerprint density at radius 2 is 0.921 bits per heavy atom. The highest BCUT2D eigenvalue weighted by Gasteiger charge is 2.42. The second-order valence-electron chi connectivity index (χ2n) is 30.9. The number of likely N-dealkylation sites (tertiary alicyclic amines) is 1. The van der Waals surface area contributed by atoms with Gasteiger partial charge in [-0.15, -0.1) is 0 Å². The van der Waals surface area contributed by atoms with Gasteiger partial charge in [-0.25, -0.2) is 4.98 Å². The van der Waals surface area contributed by atoms with Gasteiger partial charge in [0.05, 0.1) is 37.7 Å². The molecule has 1 aromatic carbocycles. The number of nitrogens with zero attached hydrogens (tertiary/aromatic N) is 2. The monoisotopic (exact) mass is 1930 g/mol. The van der Waals surface area contributed by atoms with E-state index in [2.05, 4.69) is 120 Å². The van der Waals surface area contributed by atoms with E-state index in [-0.39, 0.29) is 49.4 Å². The molecule has 1 fully saturated rings. The van der Waals surface area contributed by atoms with Crippen LogP contribution in [0.25, 0.3) is 0 Å². The van der Waals surface area contributed by atoms with Crippen molar-refractivity contribution in [1.82, 2.24) is 99.9 Å². The number of H-pyrrole nitrogens is 1. The van der Waals surface area contributed by atoms with Crippen LogP contribution in [0.2, 0.25) is 0 Å². The number of halogens is 1. The molecule has 700 valence electrons. The SMILES string of the molecule is CC[C@H](C)[C@H](NC(=O)[C@H](CCC(N)=O)NC(=O)[C@H](Cc1ccccc1)NC(=O)[C@@H](NC(=O)CNC(=O)[C@H](CCC(N)=O)NC(=O)[C@H](C)NC(=O)[C@H](CC(=O)O)NC(=O)[C@H](C)NC(=O)[C@H](CO)NC(=O)[C@@H](NC(=O)[C@H](C)NC(=O)[C@H](C)NC(=O)[C@H](Cc1c[nH]cn1)NC(=O)[C@H](CS)NC(=O)[C@@H]1CCCN1C(=O)[C@@H](N)[C@@H](C)O)C(C)C)C(C)C)C(=O)N[C@@H](CS)C(=O)I. The summed E-state index contributed by atoms with van der Waals surface area (Å²) in [5, 5.41) is 68.5. The highest BCUT2D eigenvalue weighted by atomic mass is 127. The summed E-state index contributed by atoms with van der Waals surface area (Å²) in [5.41, 5.74) is 17.5. The smallest absolute Gasteiger partial charge is 0.305 e. The van der Waals surface area contributed by atoms with Crippen molar-refractivity contribution in [3.63, 3.8) is 0 Å². The molecule has 2 heterocycles. The number of thiol groups is 2. The molecule has 3 rings (SSSR count). The first-order chi connectivity index (χ1) is 59.1. The average Bonchev–Trinajstić information content (AvgIpc) is 1.68. The number of carbonyl (C=O) groups excluding carboxylic acids is 20. The van der Waals surface area contributed by atoms with Gasteiger partial charge in [-0.3, -0.25) is 101 Å². The molecule has 0 saturated carbocycles. The highest BCUT2D eigenvalue weighted by Crippen LogP contribution is 2.21. The molecule has 2 aromatic rings. The molecule has 0 spiro atoms. The average molecular weight is 1930 g/mol. The largest absolute Gasteiger partial charge is 0.481 e. The highest BCUT2D eigenvalue weighted by molar-refractivity contribution is 14.1. The Morgan fingerprint density at radius 3 is 1.40 bits per heavy atom. The van der Waals surface area contributed by atoms with Gasteiger partial charge in [-0.2, -0.15) is 25.3 Å². The quantitative estimate of drug-likeness (QED) is 0.0166. The van der Waals surface area contributed by atoms with Gasteiger partial charge >= 0.3 is 5.97 Å². The number of benzene rings is 1. The van der Waals surface area contributed by atoms with Gasteiger partial charge in [-0.05, 0) is 83.6 Å². The van der Waals surface area contributed by atoms with Crippen molar-refractivity contribution in [1.29, 1.82) is 0 Å². The van der Waals surface area contributed by atoms with Crippen molar-refractivity contribution >= 4 is 170 Å². The van der Waals surface area contributed by atoms with Gasteiger partial charge in [0.25, 0.3) is 0 Å². The van der Waals surface area contributed by atoms with E-state index >= 15 is 0 Å². The summed E-state index contributed by atoms with van der Waals surface area (Å²) in [5.74, 6) is -22.6. The number of primary amides is 2. The Kier molecular flexibility index (Phi) is 46.7. The van der Waals surface area contributed by atoms with Crippen LogP contribution in [0.3, 0.4) is 0 Å². The lowest BCUT2D eigenvalue weighted by Gasteiger charge is -2.29. The van der Waals surface area contributed by atoms with Crippen LogP contribution >= 0.6 is 47.8 Å². The summed E-state index contributed by atoms with van der Waals surface area (Å²) in [6.45, 7) is 13.5. The molecule has 126 heavy (non-hydrogen) atoms. The van der Waals surface area contributed by atoms with E-state index in [9.17, 15) is 116 Å². The molecule has 19 amide bonds. The van der Waals surface area contributed by atoms with E-state index in [0.717, 1.165) is 13.8 Å². The molecule has 0 unspecified atom stereocenters. The number of rotatable bonds is 54. The molecule has 0 bridgehead atoms. The van der Waals surface area contributed by atoms with Crippen LogP contribution < -0.4 is 102 Å². The van der Waals surface area contributed by atoms with Gasteiger partial charge in [0.15, 0.2) is 0 Å². The first-order valence-electron chi connectivity index (χ1n) is 40.5. The minimum absolute atomic E-state index is 0.0593. The summed E-state index contributed by atoms with van der Waals surface area (Å²) < 4.78 is -0.434. The molecule has 1 aliphatic rings.